The van der Waals surface area contributed by atoms with Crippen molar-refractivity contribution < 1.29 is 18.0 Å². The molecule has 2 rings (SSSR count). The zero-order valence-electron chi connectivity index (χ0n) is 11.4. The molecule has 0 aliphatic carbocycles. The molecular weight excluding hydrogens is 267 g/mol. The second-order valence-corrected chi connectivity index (χ2v) is 5.39. The summed E-state index contributed by atoms with van der Waals surface area (Å²) in [5, 5.41) is 0. The summed E-state index contributed by atoms with van der Waals surface area (Å²) in [5.41, 5.74) is -0.569. The van der Waals surface area contributed by atoms with E-state index < -0.39 is 17.7 Å². The van der Waals surface area contributed by atoms with Gasteiger partial charge in [-0.15, -0.1) is 0 Å². The molecule has 1 fully saturated rings. The molecule has 0 bridgehead atoms. The Hall–Kier alpha value is -1.36. The summed E-state index contributed by atoms with van der Waals surface area (Å²) in [6, 6.07) is 5.42. The van der Waals surface area contributed by atoms with Gasteiger partial charge in [0, 0.05) is 5.92 Å². The molecule has 0 amide bonds. The van der Waals surface area contributed by atoms with Gasteiger partial charge in [0.25, 0.3) is 0 Å². The molecule has 1 saturated heterocycles. The SMILES string of the molecule is CN1CCC(C(C=O)c2ccccc2C(F)(F)F)CC1. The molecule has 1 aliphatic rings. The highest BCUT2D eigenvalue weighted by Crippen LogP contribution is 2.39. The third-order valence-corrected chi connectivity index (χ3v) is 4.04. The van der Waals surface area contributed by atoms with E-state index in [1.165, 1.54) is 12.1 Å². The smallest absolute Gasteiger partial charge is 0.306 e. The van der Waals surface area contributed by atoms with Crippen LogP contribution in [0.5, 0.6) is 0 Å². The van der Waals surface area contributed by atoms with E-state index in [-0.39, 0.29) is 11.5 Å². The van der Waals surface area contributed by atoms with Gasteiger partial charge in [-0.25, -0.2) is 0 Å². The summed E-state index contributed by atoms with van der Waals surface area (Å²) in [6.45, 7) is 1.65. The summed E-state index contributed by atoms with van der Waals surface area (Å²) < 4.78 is 39.2. The number of hydrogen-bond acceptors (Lipinski definition) is 2. The minimum Gasteiger partial charge on any atom is -0.306 e. The minimum absolute atomic E-state index is 0.00722. The summed E-state index contributed by atoms with van der Waals surface area (Å²) in [7, 11) is 1.98. The molecule has 1 heterocycles. The lowest BCUT2D eigenvalue weighted by atomic mass is 9.79. The van der Waals surface area contributed by atoms with Gasteiger partial charge in [0.05, 0.1) is 5.56 Å². The predicted molar refractivity (Wildman–Crippen MR) is 70.5 cm³/mol. The topological polar surface area (TPSA) is 20.3 Å². The molecule has 1 aromatic rings. The standard InChI is InChI=1S/C15H18F3NO/c1-19-8-6-11(7-9-19)13(10-20)12-4-2-3-5-14(12)15(16,17)18/h2-5,10-11,13H,6-9H2,1H3. The summed E-state index contributed by atoms with van der Waals surface area (Å²) in [5.74, 6) is -0.672. The quantitative estimate of drug-likeness (QED) is 0.794. The van der Waals surface area contributed by atoms with Crippen LogP contribution in [-0.4, -0.2) is 31.3 Å². The number of alkyl halides is 3. The lowest BCUT2D eigenvalue weighted by Gasteiger charge is -2.33. The van der Waals surface area contributed by atoms with E-state index in [0.717, 1.165) is 32.0 Å². The van der Waals surface area contributed by atoms with Crippen molar-refractivity contribution in [1.82, 2.24) is 4.90 Å². The number of likely N-dealkylation sites (tertiary alicyclic amines) is 1. The Labute approximate surface area is 116 Å². The van der Waals surface area contributed by atoms with Gasteiger partial charge in [0.1, 0.15) is 6.29 Å². The molecule has 110 valence electrons. The van der Waals surface area contributed by atoms with Crippen molar-refractivity contribution in [3.8, 4) is 0 Å². The highest BCUT2D eigenvalue weighted by molar-refractivity contribution is 5.64. The first kappa shape index (κ1) is 15.0. The molecule has 0 N–H and O–H groups in total. The van der Waals surface area contributed by atoms with Gasteiger partial charge in [0.15, 0.2) is 0 Å². The van der Waals surface area contributed by atoms with Crippen molar-refractivity contribution in [2.75, 3.05) is 20.1 Å². The Kier molecular flexibility index (Phi) is 4.48. The number of carbonyl (C=O) groups excluding carboxylic acids is 1. The molecule has 20 heavy (non-hydrogen) atoms. The number of piperidine rings is 1. The third kappa shape index (κ3) is 3.20. The Balaban J connectivity index is 2.30. The number of aldehydes is 1. The van der Waals surface area contributed by atoms with Crippen LogP contribution < -0.4 is 0 Å². The highest BCUT2D eigenvalue weighted by Gasteiger charge is 2.37. The molecular formula is C15H18F3NO. The zero-order chi connectivity index (χ0) is 14.8. The lowest BCUT2D eigenvalue weighted by molar-refractivity contribution is -0.138. The van der Waals surface area contributed by atoms with Crippen LogP contribution in [0.25, 0.3) is 0 Å². The van der Waals surface area contributed by atoms with Crippen molar-refractivity contribution in [1.29, 1.82) is 0 Å². The van der Waals surface area contributed by atoms with Crippen LogP contribution in [-0.2, 0) is 11.0 Å². The van der Waals surface area contributed by atoms with Crippen molar-refractivity contribution in [3.63, 3.8) is 0 Å². The number of halogens is 3. The van der Waals surface area contributed by atoms with E-state index >= 15 is 0 Å². The van der Waals surface area contributed by atoms with Gasteiger partial charge >= 0.3 is 6.18 Å². The van der Waals surface area contributed by atoms with Crippen LogP contribution in [0.4, 0.5) is 13.2 Å². The second-order valence-electron chi connectivity index (χ2n) is 5.39. The van der Waals surface area contributed by atoms with Crippen molar-refractivity contribution in [2.45, 2.75) is 24.9 Å². The maximum atomic E-state index is 13.1. The van der Waals surface area contributed by atoms with E-state index in [1.807, 2.05) is 7.05 Å². The van der Waals surface area contributed by atoms with Gasteiger partial charge in [-0.3, -0.25) is 0 Å². The normalized spacial score (nSPS) is 19.8. The Morgan fingerprint density at radius 2 is 1.85 bits per heavy atom. The van der Waals surface area contributed by atoms with E-state index in [0.29, 0.717) is 6.29 Å². The molecule has 1 aromatic carbocycles. The monoisotopic (exact) mass is 285 g/mol. The summed E-state index contributed by atoms with van der Waals surface area (Å²) in [4.78, 5) is 13.5. The van der Waals surface area contributed by atoms with Gasteiger partial charge in [-0.2, -0.15) is 13.2 Å². The first-order chi connectivity index (χ1) is 9.43. The van der Waals surface area contributed by atoms with Gasteiger partial charge in [-0.1, -0.05) is 18.2 Å². The van der Waals surface area contributed by atoms with Crippen LogP contribution in [0.15, 0.2) is 24.3 Å². The van der Waals surface area contributed by atoms with Gasteiger partial charge < -0.3 is 9.69 Å². The van der Waals surface area contributed by atoms with Crippen LogP contribution in [0.3, 0.4) is 0 Å². The first-order valence-corrected chi connectivity index (χ1v) is 6.73. The molecule has 0 spiro atoms. The van der Waals surface area contributed by atoms with Crippen molar-refractivity contribution in [3.05, 3.63) is 35.4 Å². The molecule has 1 aliphatic heterocycles. The fourth-order valence-electron chi connectivity index (χ4n) is 2.87. The largest absolute Gasteiger partial charge is 0.416 e. The highest BCUT2D eigenvalue weighted by atomic mass is 19.4. The Morgan fingerprint density at radius 1 is 1.25 bits per heavy atom. The fraction of sp³-hybridized carbons (Fsp3) is 0.533. The molecule has 2 nitrogen and oxygen atoms in total. The van der Waals surface area contributed by atoms with Crippen LogP contribution >= 0.6 is 0 Å². The fourth-order valence-corrected chi connectivity index (χ4v) is 2.87. The molecule has 1 unspecified atom stereocenters. The van der Waals surface area contributed by atoms with E-state index in [2.05, 4.69) is 4.90 Å². The maximum Gasteiger partial charge on any atom is 0.416 e. The average Bonchev–Trinajstić information content (AvgIpc) is 2.41. The molecule has 5 heteroatoms. The van der Waals surface area contributed by atoms with Crippen molar-refractivity contribution in [2.24, 2.45) is 5.92 Å². The molecule has 0 radical (unpaired) electrons. The minimum atomic E-state index is -4.41. The van der Waals surface area contributed by atoms with Gasteiger partial charge in [-0.05, 0) is 50.5 Å². The maximum absolute atomic E-state index is 13.1. The number of hydrogen-bond donors (Lipinski definition) is 0. The average molecular weight is 285 g/mol. The third-order valence-electron chi connectivity index (χ3n) is 4.04. The Morgan fingerprint density at radius 3 is 2.40 bits per heavy atom. The van der Waals surface area contributed by atoms with Gasteiger partial charge in [0.2, 0.25) is 0 Å². The first-order valence-electron chi connectivity index (χ1n) is 6.73. The molecule has 0 saturated carbocycles. The second kappa shape index (κ2) is 5.95. The Bertz CT molecular complexity index is 464. The van der Waals surface area contributed by atoms with E-state index in [1.54, 1.807) is 6.07 Å². The predicted octanol–water partition coefficient (Wildman–Crippen LogP) is 3.33. The zero-order valence-corrected chi connectivity index (χ0v) is 11.4. The van der Waals surface area contributed by atoms with E-state index in [9.17, 15) is 18.0 Å². The van der Waals surface area contributed by atoms with Crippen LogP contribution in [0.2, 0.25) is 0 Å². The lowest BCUT2D eigenvalue weighted by Crippen LogP contribution is -2.33. The van der Waals surface area contributed by atoms with E-state index in [4.69, 9.17) is 0 Å². The molecule has 1 atom stereocenters. The van der Waals surface area contributed by atoms with Crippen molar-refractivity contribution >= 4 is 6.29 Å². The summed E-state index contributed by atoms with van der Waals surface area (Å²) >= 11 is 0. The molecule has 0 aromatic heterocycles. The number of benzene rings is 1. The number of rotatable bonds is 3. The number of carbonyl (C=O) groups is 1. The number of nitrogens with zero attached hydrogens (tertiary/aromatic N) is 1. The summed E-state index contributed by atoms with van der Waals surface area (Å²) in [6.07, 6.45) is -2.22. The van der Waals surface area contributed by atoms with Crippen LogP contribution in [0.1, 0.15) is 29.9 Å². The van der Waals surface area contributed by atoms with Crippen LogP contribution in [0, 0.1) is 5.92 Å².